The molecule has 0 spiro atoms. The van der Waals surface area contributed by atoms with Crippen LogP contribution in [0.3, 0.4) is 0 Å². The second-order valence-corrected chi connectivity index (χ2v) is 5.44. The van der Waals surface area contributed by atoms with Crippen molar-refractivity contribution in [2.24, 2.45) is 0 Å². The number of hydrogen-bond acceptors (Lipinski definition) is 3. The minimum atomic E-state index is -0.214. The molecular formula is C19H22N2O3. The number of anilines is 1. The van der Waals surface area contributed by atoms with E-state index in [1.54, 1.807) is 18.2 Å². The number of nitrogens with one attached hydrogen (secondary N) is 2. The summed E-state index contributed by atoms with van der Waals surface area (Å²) in [5.74, 6) is 0.136. The van der Waals surface area contributed by atoms with Gasteiger partial charge in [-0.05, 0) is 36.6 Å². The number of amides is 2. The lowest BCUT2D eigenvalue weighted by molar-refractivity contribution is -0.114. The van der Waals surface area contributed by atoms with Crippen LogP contribution in [0.5, 0.6) is 5.75 Å². The molecule has 5 nitrogen and oxygen atoms in total. The molecule has 5 heteroatoms. The van der Waals surface area contributed by atoms with Gasteiger partial charge < -0.3 is 15.4 Å². The molecule has 0 fully saturated rings. The maximum atomic E-state index is 12.2. The number of benzene rings is 2. The van der Waals surface area contributed by atoms with Crippen molar-refractivity contribution in [1.82, 2.24) is 5.32 Å². The van der Waals surface area contributed by atoms with Crippen molar-refractivity contribution in [2.45, 2.75) is 19.8 Å². The second-order valence-electron chi connectivity index (χ2n) is 5.44. The molecule has 0 aliphatic heterocycles. The number of carbonyl (C=O) groups is 2. The van der Waals surface area contributed by atoms with Gasteiger partial charge in [0.25, 0.3) is 5.91 Å². The van der Waals surface area contributed by atoms with Gasteiger partial charge in [-0.15, -0.1) is 0 Å². The SMILES string of the molecule is COc1ccc(C(=O)NCCCc2ccccc2)cc1NC(C)=O. The first-order chi connectivity index (χ1) is 11.6. The molecule has 2 aromatic carbocycles. The number of hydrogen-bond donors (Lipinski definition) is 2. The lowest BCUT2D eigenvalue weighted by Gasteiger charge is -2.11. The van der Waals surface area contributed by atoms with Crippen molar-refractivity contribution in [3.8, 4) is 5.75 Å². The van der Waals surface area contributed by atoms with Crippen molar-refractivity contribution in [3.63, 3.8) is 0 Å². The van der Waals surface area contributed by atoms with Crippen LogP contribution in [0.4, 0.5) is 5.69 Å². The van der Waals surface area contributed by atoms with Gasteiger partial charge in [0.2, 0.25) is 5.91 Å². The highest BCUT2D eigenvalue weighted by atomic mass is 16.5. The Morgan fingerprint density at radius 1 is 1.08 bits per heavy atom. The van der Waals surface area contributed by atoms with Crippen molar-refractivity contribution in [2.75, 3.05) is 19.0 Å². The Kier molecular flexibility index (Phi) is 6.37. The molecule has 2 amide bonds. The molecule has 24 heavy (non-hydrogen) atoms. The summed E-state index contributed by atoms with van der Waals surface area (Å²) >= 11 is 0. The minimum absolute atomic E-state index is 0.169. The first kappa shape index (κ1) is 17.5. The normalized spacial score (nSPS) is 10.1. The van der Waals surface area contributed by atoms with Crippen molar-refractivity contribution < 1.29 is 14.3 Å². The molecule has 0 atom stereocenters. The van der Waals surface area contributed by atoms with Crippen molar-refractivity contribution in [1.29, 1.82) is 0 Å². The summed E-state index contributed by atoms with van der Waals surface area (Å²) < 4.78 is 5.18. The molecule has 0 radical (unpaired) electrons. The van der Waals surface area contributed by atoms with Crippen LogP contribution in [0.1, 0.15) is 29.3 Å². The summed E-state index contributed by atoms with van der Waals surface area (Å²) in [7, 11) is 1.52. The van der Waals surface area contributed by atoms with Crippen LogP contribution < -0.4 is 15.4 Å². The van der Waals surface area contributed by atoms with Crippen LogP contribution in [-0.4, -0.2) is 25.5 Å². The van der Waals surface area contributed by atoms with Gasteiger partial charge in [-0.1, -0.05) is 30.3 Å². The smallest absolute Gasteiger partial charge is 0.251 e. The highest BCUT2D eigenvalue weighted by Crippen LogP contribution is 2.25. The zero-order valence-corrected chi connectivity index (χ0v) is 14.0. The van der Waals surface area contributed by atoms with Crippen LogP contribution >= 0.6 is 0 Å². The Labute approximate surface area is 142 Å². The van der Waals surface area contributed by atoms with E-state index in [0.29, 0.717) is 23.5 Å². The molecule has 0 saturated heterocycles. The number of methoxy groups -OCH3 is 1. The fourth-order valence-electron chi connectivity index (χ4n) is 2.38. The van der Waals surface area contributed by atoms with E-state index in [4.69, 9.17) is 4.74 Å². The standard InChI is InChI=1S/C19H22N2O3/c1-14(22)21-17-13-16(10-11-18(17)24-2)19(23)20-12-6-9-15-7-4-3-5-8-15/h3-5,7-8,10-11,13H,6,9,12H2,1-2H3,(H,20,23)(H,21,22). The summed E-state index contributed by atoms with van der Waals surface area (Å²) in [5.41, 5.74) is 2.23. The van der Waals surface area contributed by atoms with E-state index in [1.165, 1.54) is 19.6 Å². The largest absolute Gasteiger partial charge is 0.495 e. The van der Waals surface area contributed by atoms with Gasteiger partial charge in [-0.3, -0.25) is 9.59 Å². The number of rotatable bonds is 7. The lowest BCUT2D eigenvalue weighted by Crippen LogP contribution is -2.25. The zero-order chi connectivity index (χ0) is 17.4. The first-order valence-electron chi connectivity index (χ1n) is 7.88. The van der Waals surface area contributed by atoms with Crippen LogP contribution in [0, 0.1) is 0 Å². The van der Waals surface area contributed by atoms with Gasteiger partial charge in [0, 0.05) is 19.0 Å². The predicted molar refractivity (Wildman–Crippen MR) is 94.4 cm³/mol. The minimum Gasteiger partial charge on any atom is -0.495 e. The molecule has 0 saturated carbocycles. The average molecular weight is 326 g/mol. The van der Waals surface area contributed by atoms with Gasteiger partial charge in [0.05, 0.1) is 12.8 Å². The molecule has 0 aliphatic carbocycles. The zero-order valence-electron chi connectivity index (χ0n) is 14.0. The fourth-order valence-corrected chi connectivity index (χ4v) is 2.38. The quantitative estimate of drug-likeness (QED) is 0.769. The molecule has 2 N–H and O–H groups in total. The molecule has 2 rings (SSSR count). The second kappa shape index (κ2) is 8.72. The number of ether oxygens (including phenoxy) is 1. The highest BCUT2D eigenvalue weighted by Gasteiger charge is 2.10. The maximum absolute atomic E-state index is 12.2. The Balaban J connectivity index is 1.90. The Morgan fingerprint density at radius 3 is 2.50 bits per heavy atom. The molecule has 126 valence electrons. The summed E-state index contributed by atoms with van der Waals surface area (Å²) in [6.07, 6.45) is 1.78. The summed E-state index contributed by atoms with van der Waals surface area (Å²) in [6, 6.07) is 15.1. The average Bonchev–Trinajstić information content (AvgIpc) is 2.59. The Morgan fingerprint density at radius 2 is 1.83 bits per heavy atom. The van der Waals surface area contributed by atoms with Gasteiger partial charge in [-0.2, -0.15) is 0 Å². The number of carbonyl (C=O) groups excluding carboxylic acids is 2. The molecule has 0 aliphatic rings. The molecule has 0 bridgehead atoms. The molecule has 0 heterocycles. The van der Waals surface area contributed by atoms with Crippen LogP contribution in [0.2, 0.25) is 0 Å². The molecule has 0 unspecified atom stereocenters. The molecular weight excluding hydrogens is 304 g/mol. The molecule has 2 aromatic rings. The lowest BCUT2D eigenvalue weighted by atomic mass is 10.1. The topological polar surface area (TPSA) is 67.4 Å². The fraction of sp³-hybridized carbons (Fsp3) is 0.263. The number of aryl methyl sites for hydroxylation is 1. The van der Waals surface area contributed by atoms with Gasteiger partial charge in [0.1, 0.15) is 5.75 Å². The summed E-state index contributed by atoms with van der Waals surface area (Å²) in [6.45, 7) is 2.00. The van der Waals surface area contributed by atoms with E-state index in [0.717, 1.165) is 12.8 Å². The van der Waals surface area contributed by atoms with E-state index in [9.17, 15) is 9.59 Å². The van der Waals surface area contributed by atoms with Crippen LogP contribution in [-0.2, 0) is 11.2 Å². The van der Waals surface area contributed by atoms with E-state index in [-0.39, 0.29) is 11.8 Å². The Bertz CT molecular complexity index is 699. The van der Waals surface area contributed by atoms with Crippen molar-refractivity contribution >= 4 is 17.5 Å². The summed E-state index contributed by atoms with van der Waals surface area (Å²) in [4.78, 5) is 23.5. The third-order valence-electron chi connectivity index (χ3n) is 3.54. The third kappa shape index (κ3) is 5.12. The third-order valence-corrected chi connectivity index (χ3v) is 3.54. The Hall–Kier alpha value is -2.82. The first-order valence-corrected chi connectivity index (χ1v) is 7.88. The van der Waals surface area contributed by atoms with Crippen molar-refractivity contribution in [3.05, 3.63) is 59.7 Å². The van der Waals surface area contributed by atoms with E-state index < -0.39 is 0 Å². The van der Waals surface area contributed by atoms with Gasteiger partial charge in [-0.25, -0.2) is 0 Å². The van der Waals surface area contributed by atoms with Gasteiger partial charge >= 0.3 is 0 Å². The molecule has 0 aromatic heterocycles. The van der Waals surface area contributed by atoms with E-state index in [2.05, 4.69) is 22.8 Å². The van der Waals surface area contributed by atoms with E-state index in [1.807, 2.05) is 18.2 Å². The maximum Gasteiger partial charge on any atom is 0.251 e. The van der Waals surface area contributed by atoms with Crippen LogP contribution in [0.15, 0.2) is 48.5 Å². The van der Waals surface area contributed by atoms with E-state index >= 15 is 0 Å². The highest BCUT2D eigenvalue weighted by molar-refractivity contribution is 5.97. The van der Waals surface area contributed by atoms with Crippen LogP contribution in [0.25, 0.3) is 0 Å². The van der Waals surface area contributed by atoms with Gasteiger partial charge in [0.15, 0.2) is 0 Å². The summed E-state index contributed by atoms with van der Waals surface area (Å²) in [5, 5.41) is 5.56. The predicted octanol–water partition coefficient (Wildman–Crippen LogP) is 3.02. The monoisotopic (exact) mass is 326 g/mol.